The van der Waals surface area contributed by atoms with E-state index in [1.54, 1.807) is 24.3 Å². The molecule has 1 aromatic heterocycles. The van der Waals surface area contributed by atoms with Crippen molar-refractivity contribution in [1.82, 2.24) is 9.78 Å². The van der Waals surface area contributed by atoms with Crippen molar-refractivity contribution in [3.05, 3.63) is 46.1 Å². The molecular weight excluding hydrogens is 436 g/mol. The Kier molecular flexibility index (Phi) is 7.84. The highest BCUT2D eigenvalue weighted by Gasteiger charge is 2.23. The van der Waals surface area contributed by atoms with Crippen LogP contribution in [0, 0.1) is 10.1 Å². The van der Waals surface area contributed by atoms with Crippen molar-refractivity contribution in [3.8, 4) is 11.3 Å². The molecular formula is C21H28N4O6S. The van der Waals surface area contributed by atoms with Gasteiger partial charge in [0.15, 0.2) is 9.84 Å². The van der Waals surface area contributed by atoms with Gasteiger partial charge in [-0.05, 0) is 55.9 Å². The zero-order valence-corrected chi connectivity index (χ0v) is 18.8. The van der Waals surface area contributed by atoms with Crippen LogP contribution < -0.4 is 0 Å². The average Bonchev–Trinajstić information content (AvgIpc) is 3.21. The first kappa shape index (κ1) is 23.7. The molecule has 174 valence electrons. The van der Waals surface area contributed by atoms with E-state index in [-0.39, 0.29) is 17.5 Å². The van der Waals surface area contributed by atoms with E-state index in [9.17, 15) is 23.7 Å². The highest BCUT2D eigenvalue weighted by molar-refractivity contribution is 7.90. The molecule has 0 aliphatic heterocycles. The molecule has 1 aliphatic rings. The Morgan fingerprint density at radius 2 is 1.94 bits per heavy atom. The summed E-state index contributed by atoms with van der Waals surface area (Å²) in [4.78, 5) is 14.8. The second kappa shape index (κ2) is 10.6. The van der Waals surface area contributed by atoms with Crippen LogP contribution in [0.15, 0.2) is 40.4 Å². The van der Waals surface area contributed by atoms with Crippen LogP contribution in [0.25, 0.3) is 11.3 Å². The second-order valence-corrected chi connectivity index (χ2v) is 10.0. The van der Waals surface area contributed by atoms with Gasteiger partial charge in [-0.3, -0.25) is 4.68 Å². The van der Waals surface area contributed by atoms with Gasteiger partial charge < -0.3 is 10.0 Å². The van der Waals surface area contributed by atoms with Crippen LogP contribution in [-0.2, 0) is 14.7 Å². The van der Waals surface area contributed by atoms with Gasteiger partial charge in [0, 0.05) is 6.26 Å². The van der Waals surface area contributed by atoms with Gasteiger partial charge in [0.2, 0.25) is 0 Å². The van der Waals surface area contributed by atoms with Gasteiger partial charge in [-0.15, -0.1) is 10.1 Å². The monoisotopic (exact) mass is 464 g/mol. The van der Waals surface area contributed by atoms with Gasteiger partial charge in [0.25, 0.3) is 5.09 Å². The maximum Gasteiger partial charge on any atom is 0.294 e. The molecule has 0 saturated heterocycles. The Hall–Kier alpha value is -2.95. The lowest BCUT2D eigenvalue weighted by Crippen LogP contribution is -2.16. The number of hydrogen-bond acceptors (Lipinski definition) is 8. The number of oxime groups is 1. The maximum atomic E-state index is 11.8. The van der Waals surface area contributed by atoms with E-state index >= 15 is 0 Å². The molecule has 1 aliphatic carbocycles. The third-order valence-electron chi connectivity index (χ3n) is 5.66. The van der Waals surface area contributed by atoms with Gasteiger partial charge in [-0.2, -0.15) is 5.10 Å². The summed E-state index contributed by atoms with van der Waals surface area (Å²) in [5, 5.41) is 27.2. The lowest BCUT2D eigenvalue weighted by Gasteiger charge is -2.24. The SMILES string of the molecule is CS(=O)(=O)c1ccc(-c2cc(/C(CCCCO[N+](=O)[O-])=N/O)nn2C2CCCCC2)cc1. The minimum Gasteiger partial charge on any atom is -0.411 e. The molecule has 0 amide bonds. The minimum atomic E-state index is -3.29. The Balaban J connectivity index is 1.86. The molecule has 0 bridgehead atoms. The summed E-state index contributed by atoms with van der Waals surface area (Å²) in [6, 6.07) is 8.77. The van der Waals surface area contributed by atoms with Gasteiger partial charge in [0.1, 0.15) is 11.4 Å². The van der Waals surface area contributed by atoms with Gasteiger partial charge in [0.05, 0.1) is 23.2 Å². The predicted molar refractivity (Wildman–Crippen MR) is 118 cm³/mol. The fourth-order valence-corrected chi connectivity index (χ4v) is 4.62. The lowest BCUT2D eigenvalue weighted by atomic mass is 9.95. The average molecular weight is 465 g/mol. The molecule has 11 heteroatoms. The van der Waals surface area contributed by atoms with Gasteiger partial charge in [-0.25, -0.2) is 8.42 Å². The molecule has 32 heavy (non-hydrogen) atoms. The highest BCUT2D eigenvalue weighted by Crippen LogP contribution is 2.33. The summed E-state index contributed by atoms with van der Waals surface area (Å²) in [6.45, 7) is -0.0137. The smallest absolute Gasteiger partial charge is 0.294 e. The highest BCUT2D eigenvalue weighted by atomic mass is 32.2. The summed E-state index contributed by atoms with van der Waals surface area (Å²) in [5.74, 6) is 0. The van der Waals surface area contributed by atoms with Crippen molar-refractivity contribution in [2.75, 3.05) is 12.9 Å². The topological polar surface area (TPSA) is 137 Å². The van der Waals surface area contributed by atoms with Crippen LogP contribution in [0.2, 0.25) is 0 Å². The molecule has 1 N–H and O–H groups in total. The fraction of sp³-hybridized carbons (Fsp3) is 0.524. The molecule has 0 radical (unpaired) electrons. The molecule has 0 atom stereocenters. The normalized spacial score (nSPS) is 15.6. The van der Waals surface area contributed by atoms with Crippen LogP contribution in [0.1, 0.15) is 63.1 Å². The predicted octanol–water partition coefficient (Wildman–Crippen LogP) is 4.02. The third-order valence-corrected chi connectivity index (χ3v) is 6.78. The van der Waals surface area contributed by atoms with Crippen LogP contribution in [0.3, 0.4) is 0 Å². The molecule has 1 heterocycles. The number of unbranched alkanes of at least 4 members (excludes halogenated alkanes) is 1. The number of hydrogen-bond donors (Lipinski definition) is 1. The van der Waals surface area contributed by atoms with E-state index in [0.717, 1.165) is 36.9 Å². The Labute approximate surface area is 186 Å². The summed E-state index contributed by atoms with van der Waals surface area (Å²) < 4.78 is 25.6. The fourth-order valence-electron chi connectivity index (χ4n) is 3.99. The molecule has 1 fully saturated rings. The van der Waals surface area contributed by atoms with Crippen molar-refractivity contribution in [2.45, 2.75) is 62.3 Å². The zero-order valence-electron chi connectivity index (χ0n) is 18.0. The summed E-state index contributed by atoms with van der Waals surface area (Å²) >= 11 is 0. The Bertz CT molecular complexity index is 1060. The number of benzene rings is 1. The molecule has 2 aromatic rings. The number of nitrogens with zero attached hydrogens (tertiary/aromatic N) is 4. The van der Waals surface area contributed by atoms with Crippen molar-refractivity contribution in [2.24, 2.45) is 5.16 Å². The third kappa shape index (κ3) is 6.06. The van der Waals surface area contributed by atoms with Crippen LogP contribution >= 0.6 is 0 Å². The molecule has 3 rings (SSSR count). The van der Waals surface area contributed by atoms with Gasteiger partial charge >= 0.3 is 0 Å². The standard InChI is InChI=1S/C21H28N4O6S/c1-32(29,30)18-12-10-16(11-13-18)21-15-20(22-24(21)17-7-3-2-4-8-17)19(23-26)9-5-6-14-31-25(27)28/h10-13,15,17,26H,2-9,14H2,1H3/b23-19+. The van der Waals surface area contributed by atoms with Crippen LogP contribution in [0.4, 0.5) is 0 Å². The van der Waals surface area contributed by atoms with E-state index < -0.39 is 14.9 Å². The minimum absolute atomic E-state index is 0.0137. The molecule has 1 saturated carbocycles. The number of aromatic nitrogens is 2. The van der Waals surface area contributed by atoms with Crippen molar-refractivity contribution in [3.63, 3.8) is 0 Å². The van der Waals surface area contributed by atoms with E-state index in [1.165, 1.54) is 12.7 Å². The summed E-state index contributed by atoms with van der Waals surface area (Å²) in [5.41, 5.74) is 2.60. The van der Waals surface area contributed by atoms with Crippen LogP contribution in [0.5, 0.6) is 0 Å². The first-order valence-electron chi connectivity index (χ1n) is 10.7. The van der Waals surface area contributed by atoms with E-state index in [4.69, 9.17) is 5.10 Å². The summed E-state index contributed by atoms with van der Waals surface area (Å²) in [7, 11) is -3.29. The van der Waals surface area contributed by atoms with E-state index in [2.05, 4.69) is 9.99 Å². The van der Waals surface area contributed by atoms with E-state index in [0.29, 0.717) is 30.7 Å². The van der Waals surface area contributed by atoms with Crippen molar-refractivity contribution < 1.29 is 23.5 Å². The largest absolute Gasteiger partial charge is 0.411 e. The molecule has 10 nitrogen and oxygen atoms in total. The second-order valence-electron chi connectivity index (χ2n) is 8.01. The Morgan fingerprint density at radius 3 is 2.53 bits per heavy atom. The van der Waals surface area contributed by atoms with Crippen molar-refractivity contribution in [1.29, 1.82) is 0 Å². The van der Waals surface area contributed by atoms with E-state index in [1.807, 2.05) is 10.7 Å². The first-order chi connectivity index (χ1) is 15.3. The van der Waals surface area contributed by atoms with Crippen molar-refractivity contribution >= 4 is 15.5 Å². The molecule has 1 aromatic carbocycles. The van der Waals surface area contributed by atoms with Crippen LogP contribution in [-0.4, -0.2) is 47.1 Å². The zero-order chi connectivity index (χ0) is 23.1. The molecule has 0 spiro atoms. The quantitative estimate of drug-likeness (QED) is 0.184. The Morgan fingerprint density at radius 1 is 1.25 bits per heavy atom. The first-order valence-corrected chi connectivity index (χ1v) is 12.6. The number of sulfone groups is 1. The van der Waals surface area contributed by atoms with Gasteiger partial charge in [-0.1, -0.05) is 36.6 Å². The maximum absolute atomic E-state index is 11.8. The number of rotatable bonds is 10. The lowest BCUT2D eigenvalue weighted by molar-refractivity contribution is -0.757. The molecule has 0 unspecified atom stereocenters. The summed E-state index contributed by atoms with van der Waals surface area (Å²) in [6.07, 6.45) is 7.98.